The largest absolute Gasteiger partial charge is 0.319 e. The van der Waals surface area contributed by atoms with E-state index >= 15 is 0 Å². The molecule has 0 aromatic heterocycles. The lowest BCUT2D eigenvalue weighted by Crippen LogP contribution is -2.38. The molecule has 0 radical (unpaired) electrons. The quantitative estimate of drug-likeness (QED) is 0.684. The number of hydrogen-bond donors (Lipinski definition) is 1. The van der Waals surface area contributed by atoms with Gasteiger partial charge in [-0.3, -0.25) is 20.2 Å². The number of carbonyl (C=O) groups excluding carboxylic acids is 1. The lowest BCUT2D eigenvalue weighted by molar-refractivity contribution is -0.385. The maximum atomic E-state index is 12.2. The highest BCUT2D eigenvalue weighted by Crippen LogP contribution is 2.35. The molecule has 1 saturated carbocycles. The van der Waals surface area contributed by atoms with Crippen molar-refractivity contribution in [1.29, 1.82) is 0 Å². The van der Waals surface area contributed by atoms with E-state index in [1.54, 1.807) is 12.1 Å². The normalized spacial score (nSPS) is 29.1. The van der Waals surface area contributed by atoms with Crippen LogP contribution in [-0.4, -0.2) is 28.3 Å². The zero-order valence-electron chi connectivity index (χ0n) is 12.0. The van der Waals surface area contributed by atoms with Crippen molar-refractivity contribution >= 4 is 11.6 Å². The Labute approximate surface area is 123 Å². The third kappa shape index (κ3) is 2.63. The summed E-state index contributed by atoms with van der Waals surface area (Å²) in [5.41, 5.74) is 0.850. The molecule has 2 aliphatic rings. The van der Waals surface area contributed by atoms with Gasteiger partial charge >= 0.3 is 0 Å². The molecule has 112 valence electrons. The monoisotopic (exact) mass is 289 g/mol. The molecule has 1 heterocycles. The second-order valence-electron chi connectivity index (χ2n) is 6.01. The van der Waals surface area contributed by atoms with E-state index in [4.69, 9.17) is 0 Å². The Morgan fingerprint density at radius 3 is 2.86 bits per heavy atom. The Hall–Kier alpha value is -1.95. The summed E-state index contributed by atoms with van der Waals surface area (Å²) in [6, 6.07) is 6.79. The Balaban J connectivity index is 1.88. The van der Waals surface area contributed by atoms with Crippen LogP contribution >= 0.6 is 0 Å². The molecule has 6 nitrogen and oxygen atoms in total. The Morgan fingerprint density at radius 2 is 2.19 bits per heavy atom. The van der Waals surface area contributed by atoms with Crippen molar-refractivity contribution in [2.45, 2.75) is 38.4 Å². The highest BCUT2D eigenvalue weighted by Gasteiger charge is 2.39. The maximum Gasteiger partial charge on any atom is 0.269 e. The standard InChI is InChI=1S/C15H19N3O3/c1-10-5-6-12(7-10)17-14(19)9-16-15(17)11-3-2-4-13(8-11)18(20)21/h2-4,8,10,12,15-16H,5-7,9H2,1H3. The van der Waals surface area contributed by atoms with Crippen LogP contribution in [0.15, 0.2) is 24.3 Å². The molecule has 21 heavy (non-hydrogen) atoms. The van der Waals surface area contributed by atoms with E-state index < -0.39 is 4.92 Å². The third-order valence-electron chi connectivity index (χ3n) is 4.47. The van der Waals surface area contributed by atoms with Gasteiger partial charge in [0.1, 0.15) is 6.17 Å². The summed E-state index contributed by atoms with van der Waals surface area (Å²) in [7, 11) is 0. The van der Waals surface area contributed by atoms with Gasteiger partial charge in [-0.15, -0.1) is 0 Å². The van der Waals surface area contributed by atoms with E-state index in [1.807, 2.05) is 11.0 Å². The van der Waals surface area contributed by atoms with Crippen LogP contribution in [-0.2, 0) is 4.79 Å². The summed E-state index contributed by atoms with van der Waals surface area (Å²) < 4.78 is 0. The van der Waals surface area contributed by atoms with Gasteiger partial charge in [0.25, 0.3) is 5.69 Å². The number of carbonyl (C=O) groups is 1. The summed E-state index contributed by atoms with van der Waals surface area (Å²) in [6.07, 6.45) is 2.92. The molecule has 1 aliphatic carbocycles. The fraction of sp³-hybridized carbons (Fsp3) is 0.533. The molecular weight excluding hydrogens is 270 g/mol. The Kier molecular flexibility index (Phi) is 3.63. The van der Waals surface area contributed by atoms with Gasteiger partial charge in [-0.1, -0.05) is 19.1 Å². The van der Waals surface area contributed by atoms with Crippen LogP contribution in [0.2, 0.25) is 0 Å². The Bertz CT molecular complexity index is 575. The number of nitrogens with one attached hydrogen (secondary N) is 1. The average molecular weight is 289 g/mol. The predicted molar refractivity (Wildman–Crippen MR) is 77.5 cm³/mol. The molecule has 2 fully saturated rings. The van der Waals surface area contributed by atoms with Crippen LogP contribution in [0.1, 0.15) is 37.9 Å². The molecule has 3 atom stereocenters. The van der Waals surface area contributed by atoms with Crippen molar-refractivity contribution < 1.29 is 9.72 Å². The van der Waals surface area contributed by atoms with Crippen molar-refractivity contribution in [3.8, 4) is 0 Å². The first kappa shape index (κ1) is 14.0. The smallest absolute Gasteiger partial charge is 0.269 e. The summed E-state index contributed by atoms with van der Waals surface area (Å²) in [4.78, 5) is 24.6. The highest BCUT2D eigenvalue weighted by atomic mass is 16.6. The van der Waals surface area contributed by atoms with Crippen molar-refractivity contribution in [1.82, 2.24) is 10.2 Å². The minimum Gasteiger partial charge on any atom is -0.319 e. The topological polar surface area (TPSA) is 75.5 Å². The SMILES string of the molecule is CC1CCC(N2C(=O)CNC2c2cccc([N+](=O)[O-])c2)C1. The van der Waals surface area contributed by atoms with Gasteiger partial charge in [-0.05, 0) is 30.7 Å². The van der Waals surface area contributed by atoms with Crippen molar-refractivity contribution in [2.24, 2.45) is 5.92 Å². The molecule has 1 saturated heterocycles. The fourth-order valence-corrected chi connectivity index (χ4v) is 3.45. The first-order valence-corrected chi connectivity index (χ1v) is 7.35. The maximum absolute atomic E-state index is 12.2. The molecule has 1 N–H and O–H groups in total. The van der Waals surface area contributed by atoms with E-state index in [1.165, 1.54) is 6.07 Å². The number of nitro benzene ring substituents is 1. The van der Waals surface area contributed by atoms with Gasteiger partial charge in [-0.2, -0.15) is 0 Å². The van der Waals surface area contributed by atoms with Gasteiger partial charge in [0.2, 0.25) is 5.91 Å². The highest BCUT2D eigenvalue weighted by molar-refractivity contribution is 5.81. The first-order chi connectivity index (χ1) is 10.1. The number of nitro groups is 1. The third-order valence-corrected chi connectivity index (χ3v) is 4.47. The molecule has 0 bridgehead atoms. The number of hydrogen-bond acceptors (Lipinski definition) is 4. The number of non-ortho nitro benzene ring substituents is 1. The van der Waals surface area contributed by atoms with Gasteiger partial charge in [0.15, 0.2) is 0 Å². The number of nitrogens with zero attached hydrogens (tertiary/aromatic N) is 2. The lowest BCUT2D eigenvalue weighted by atomic mass is 10.1. The van der Waals surface area contributed by atoms with Crippen LogP contribution in [0.5, 0.6) is 0 Å². The Morgan fingerprint density at radius 1 is 1.38 bits per heavy atom. The van der Waals surface area contributed by atoms with Crippen LogP contribution < -0.4 is 5.32 Å². The van der Waals surface area contributed by atoms with E-state index in [0.717, 1.165) is 24.8 Å². The minimum atomic E-state index is -0.401. The van der Waals surface area contributed by atoms with Crippen LogP contribution in [0, 0.1) is 16.0 Å². The number of benzene rings is 1. The summed E-state index contributed by atoms with van der Waals surface area (Å²) in [6.45, 7) is 2.51. The molecule has 3 unspecified atom stereocenters. The number of rotatable bonds is 3. The molecule has 1 aliphatic heterocycles. The van der Waals surface area contributed by atoms with Gasteiger partial charge in [0, 0.05) is 18.2 Å². The second-order valence-corrected chi connectivity index (χ2v) is 6.01. The summed E-state index contributed by atoms with van der Waals surface area (Å²) >= 11 is 0. The minimum absolute atomic E-state index is 0.0633. The van der Waals surface area contributed by atoms with Crippen molar-refractivity contribution in [3.05, 3.63) is 39.9 Å². The van der Waals surface area contributed by atoms with Gasteiger partial charge < -0.3 is 4.90 Å². The van der Waals surface area contributed by atoms with Crippen LogP contribution in [0.25, 0.3) is 0 Å². The van der Waals surface area contributed by atoms with Crippen LogP contribution in [0.4, 0.5) is 5.69 Å². The van der Waals surface area contributed by atoms with Crippen molar-refractivity contribution in [2.75, 3.05) is 6.54 Å². The van der Waals surface area contributed by atoms with E-state index in [9.17, 15) is 14.9 Å². The molecule has 1 aromatic rings. The van der Waals surface area contributed by atoms with Crippen molar-refractivity contribution in [3.63, 3.8) is 0 Å². The van der Waals surface area contributed by atoms with E-state index in [-0.39, 0.29) is 23.8 Å². The van der Waals surface area contributed by atoms with E-state index in [0.29, 0.717) is 12.5 Å². The zero-order valence-corrected chi connectivity index (χ0v) is 12.0. The molecule has 1 amide bonds. The zero-order chi connectivity index (χ0) is 15.0. The predicted octanol–water partition coefficient (Wildman–Crippen LogP) is 2.21. The number of amides is 1. The fourth-order valence-electron chi connectivity index (χ4n) is 3.45. The lowest BCUT2D eigenvalue weighted by Gasteiger charge is -2.30. The molecule has 1 aromatic carbocycles. The second kappa shape index (κ2) is 5.44. The molecule has 6 heteroatoms. The van der Waals surface area contributed by atoms with Gasteiger partial charge in [0.05, 0.1) is 11.5 Å². The summed E-state index contributed by atoms with van der Waals surface area (Å²) in [5.74, 6) is 0.722. The summed E-state index contributed by atoms with van der Waals surface area (Å²) in [5, 5.41) is 14.1. The molecule has 3 rings (SSSR count). The van der Waals surface area contributed by atoms with Gasteiger partial charge in [-0.25, -0.2) is 0 Å². The van der Waals surface area contributed by atoms with E-state index in [2.05, 4.69) is 12.2 Å². The molecular formula is C15H19N3O3. The average Bonchev–Trinajstić information content (AvgIpc) is 3.04. The molecule has 0 spiro atoms. The van der Waals surface area contributed by atoms with Crippen LogP contribution in [0.3, 0.4) is 0 Å². The first-order valence-electron chi connectivity index (χ1n) is 7.35.